The van der Waals surface area contributed by atoms with Crippen molar-refractivity contribution in [2.24, 2.45) is 0 Å². The molecule has 0 radical (unpaired) electrons. The lowest BCUT2D eigenvalue weighted by Gasteiger charge is -2.02. The molecule has 122 valence electrons. The zero-order valence-corrected chi connectivity index (χ0v) is 13.4. The smallest absolute Gasteiger partial charge is 0.401 e. The Morgan fingerprint density at radius 2 is 2.00 bits per heavy atom. The molecule has 0 atom stereocenters. The molecule has 0 aliphatic carbocycles. The van der Waals surface area contributed by atoms with E-state index in [2.05, 4.69) is 10.2 Å². The molecule has 3 rings (SSSR count). The summed E-state index contributed by atoms with van der Waals surface area (Å²) in [6, 6.07) is 10.6. The fraction of sp³-hybridized carbons (Fsp3) is 0.0667. The third kappa shape index (κ3) is 3.30. The molecule has 2 aromatic heterocycles. The highest BCUT2D eigenvalue weighted by molar-refractivity contribution is 8.02. The van der Waals surface area contributed by atoms with E-state index in [0.717, 1.165) is 11.1 Å². The van der Waals surface area contributed by atoms with Gasteiger partial charge in [0, 0.05) is 5.56 Å². The van der Waals surface area contributed by atoms with E-state index in [9.17, 15) is 10.1 Å². The summed E-state index contributed by atoms with van der Waals surface area (Å²) in [5, 5.41) is 20.9. The molecule has 0 saturated carbocycles. The first kappa shape index (κ1) is 15.8. The zero-order valence-electron chi connectivity index (χ0n) is 12.6. The van der Waals surface area contributed by atoms with Gasteiger partial charge in [0.1, 0.15) is 10.7 Å². The molecule has 0 bridgehead atoms. The first-order chi connectivity index (χ1) is 11.5. The second-order valence-electron chi connectivity index (χ2n) is 4.90. The van der Waals surface area contributed by atoms with Crippen LogP contribution in [0.5, 0.6) is 0 Å². The molecule has 0 aliphatic rings. The normalized spacial score (nSPS) is 11.2. The van der Waals surface area contributed by atoms with Crippen LogP contribution in [-0.2, 0) is 0 Å². The molecular weight excluding hydrogens is 330 g/mol. The Balaban J connectivity index is 1.73. The van der Waals surface area contributed by atoms with Gasteiger partial charge in [-0.25, -0.2) is 4.68 Å². The average molecular weight is 343 g/mol. The quantitative estimate of drug-likeness (QED) is 0.327. The first-order valence-electron chi connectivity index (χ1n) is 6.89. The minimum absolute atomic E-state index is 0.303. The number of nitrogens with zero attached hydrogens (tertiary/aromatic N) is 4. The summed E-state index contributed by atoms with van der Waals surface area (Å²) in [6.45, 7) is 2.00. The molecule has 2 N–H and O–H groups in total. The van der Waals surface area contributed by atoms with Crippen LogP contribution in [0.2, 0.25) is 0 Å². The molecule has 1 aromatic carbocycles. The molecule has 0 amide bonds. The van der Waals surface area contributed by atoms with Crippen LogP contribution in [0.4, 0.5) is 5.88 Å². The molecule has 0 unspecified atom stereocenters. The van der Waals surface area contributed by atoms with Gasteiger partial charge in [-0.05, 0) is 24.5 Å². The number of hydrogen-bond donors (Lipinski definition) is 1. The summed E-state index contributed by atoms with van der Waals surface area (Å²) in [5.74, 6) is 6.64. The van der Waals surface area contributed by atoms with Crippen molar-refractivity contribution in [2.75, 3.05) is 5.84 Å². The van der Waals surface area contributed by atoms with Gasteiger partial charge in [-0.3, -0.25) is 10.1 Å². The molecule has 0 fully saturated rings. The van der Waals surface area contributed by atoms with Gasteiger partial charge in [-0.15, -0.1) is 10.2 Å². The van der Waals surface area contributed by atoms with Crippen LogP contribution in [0.1, 0.15) is 11.3 Å². The summed E-state index contributed by atoms with van der Waals surface area (Å²) in [4.78, 5) is 9.97. The molecule has 2 heterocycles. The van der Waals surface area contributed by atoms with E-state index in [1.807, 2.05) is 31.2 Å². The number of nitrogen functional groups attached to an aromatic ring is 1. The Morgan fingerprint density at radius 3 is 2.67 bits per heavy atom. The van der Waals surface area contributed by atoms with Crippen LogP contribution in [0.25, 0.3) is 17.5 Å². The van der Waals surface area contributed by atoms with Gasteiger partial charge in [-0.2, -0.15) is 0 Å². The van der Waals surface area contributed by atoms with E-state index in [-0.39, 0.29) is 5.88 Å². The molecular formula is C15H13N5O3S. The van der Waals surface area contributed by atoms with Crippen molar-refractivity contribution in [1.82, 2.24) is 14.9 Å². The number of aryl methyl sites for hydroxylation is 1. The Hall–Kier alpha value is -3.07. The van der Waals surface area contributed by atoms with E-state index in [1.54, 1.807) is 11.5 Å². The first-order valence-corrected chi connectivity index (χ1v) is 7.77. The summed E-state index contributed by atoms with van der Waals surface area (Å²) >= 11 is 1.23. The van der Waals surface area contributed by atoms with Gasteiger partial charge in [-0.1, -0.05) is 41.6 Å². The monoisotopic (exact) mass is 343 g/mol. The second-order valence-corrected chi connectivity index (χ2v) is 5.77. The number of nitro groups is 1. The van der Waals surface area contributed by atoms with Gasteiger partial charge in [0.2, 0.25) is 5.16 Å². The van der Waals surface area contributed by atoms with E-state index < -0.39 is 4.92 Å². The number of aromatic nitrogens is 3. The van der Waals surface area contributed by atoms with Crippen LogP contribution < -0.4 is 5.84 Å². The van der Waals surface area contributed by atoms with Gasteiger partial charge in [0.15, 0.2) is 5.82 Å². The molecule has 0 aliphatic heterocycles. The Morgan fingerprint density at radius 1 is 1.25 bits per heavy atom. The third-order valence-electron chi connectivity index (χ3n) is 3.17. The maximum absolute atomic E-state index is 10.6. The number of rotatable bonds is 5. The molecule has 24 heavy (non-hydrogen) atoms. The Bertz CT molecular complexity index is 898. The van der Waals surface area contributed by atoms with Gasteiger partial charge < -0.3 is 10.3 Å². The van der Waals surface area contributed by atoms with Gasteiger partial charge >= 0.3 is 5.88 Å². The predicted octanol–water partition coefficient (Wildman–Crippen LogP) is 3.23. The van der Waals surface area contributed by atoms with Crippen molar-refractivity contribution in [1.29, 1.82) is 0 Å². The van der Waals surface area contributed by atoms with Crippen molar-refractivity contribution in [2.45, 2.75) is 12.1 Å². The predicted molar refractivity (Wildman–Crippen MR) is 90.6 cm³/mol. The molecule has 0 saturated heterocycles. The molecule has 9 heteroatoms. The standard InChI is InChI=1S/C15H13N5O3S/c1-10-2-4-11(5-3-10)14-17-18-15(19(14)16)24-9-8-12-6-7-13(23-12)20(21)22/h2-9H,16H2,1H3/b9-8+. The van der Waals surface area contributed by atoms with Crippen molar-refractivity contribution in [3.05, 3.63) is 63.2 Å². The third-order valence-corrected chi connectivity index (χ3v) is 3.93. The number of benzene rings is 1. The Kier molecular flexibility index (Phi) is 4.34. The fourth-order valence-electron chi connectivity index (χ4n) is 1.95. The summed E-state index contributed by atoms with van der Waals surface area (Å²) in [5.41, 5.74) is 2.01. The van der Waals surface area contributed by atoms with Crippen molar-refractivity contribution >= 4 is 23.7 Å². The topological polar surface area (TPSA) is 113 Å². The maximum Gasteiger partial charge on any atom is 0.433 e. The lowest BCUT2D eigenvalue weighted by Crippen LogP contribution is -2.11. The summed E-state index contributed by atoms with van der Waals surface area (Å²) in [7, 11) is 0. The van der Waals surface area contributed by atoms with Crippen molar-refractivity contribution in [3.8, 4) is 11.4 Å². The lowest BCUT2D eigenvalue weighted by molar-refractivity contribution is -0.402. The van der Waals surface area contributed by atoms with E-state index in [4.69, 9.17) is 10.3 Å². The van der Waals surface area contributed by atoms with Gasteiger partial charge in [0.05, 0.1) is 6.07 Å². The highest BCUT2D eigenvalue weighted by Crippen LogP contribution is 2.24. The molecule has 3 aromatic rings. The summed E-state index contributed by atoms with van der Waals surface area (Å²) in [6.07, 6.45) is 1.60. The van der Waals surface area contributed by atoms with Crippen molar-refractivity contribution < 1.29 is 9.34 Å². The number of thioether (sulfide) groups is 1. The fourth-order valence-corrected chi connectivity index (χ4v) is 2.56. The van der Waals surface area contributed by atoms with E-state index in [0.29, 0.717) is 16.7 Å². The van der Waals surface area contributed by atoms with Crippen LogP contribution in [0, 0.1) is 17.0 Å². The summed E-state index contributed by atoms with van der Waals surface area (Å²) < 4.78 is 6.42. The zero-order chi connectivity index (χ0) is 17.1. The number of furan rings is 1. The minimum atomic E-state index is -0.588. The SMILES string of the molecule is Cc1ccc(-c2nnc(S/C=C/c3ccc([N+](=O)[O-])o3)n2N)cc1. The Labute approximate surface area is 141 Å². The average Bonchev–Trinajstić information content (AvgIpc) is 3.17. The molecule has 0 spiro atoms. The maximum atomic E-state index is 10.6. The molecule has 8 nitrogen and oxygen atoms in total. The van der Waals surface area contributed by atoms with E-state index in [1.165, 1.54) is 28.6 Å². The van der Waals surface area contributed by atoms with E-state index >= 15 is 0 Å². The van der Waals surface area contributed by atoms with Crippen LogP contribution >= 0.6 is 11.8 Å². The van der Waals surface area contributed by atoms with Crippen LogP contribution in [-0.4, -0.2) is 19.8 Å². The van der Waals surface area contributed by atoms with Crippen molar-refractivity contribution in [3.63, 3.8) is 0 Å². The minimum Gasteiger partial charge on any atom is -0.401 e. The number of nitrogens with two attached hydrogens (primary N) is 1. The number of hydrogen-bond acceptors (Lipinski definition) is 7. The van der Waals surface area contributed by atoms with Crippen LogP contribution in [0.3, 0.4) is 0 Å². The lowest BCUT2D eigenvalue weighted by atomic mass is 10.1. The second kappa shape index (κ2) is 6.59. The highest BCUT2D eigenvalue weighted by Gasteiger charge is 2.12. The van der Waals surface area contributed by atoms with Gasteiger partial charge in [0.25, 0.3) is 0 Å². The largest absolute Gasteiger partial charge is 0.433 e. The van der Waals surface area contributed by atoms with Crippen LogP contribution in [0.15, 0.2) is 51.4 Å². The highest BCUT2D eigenvalue weighted by atomic mass is 32.2.